The van der Waals surface area contributed by atoms with E-state index in [1.165, 1.54) is 11.8 Å². The smallest absolute Gasteiger partial charge is 0.200 e. The molecule has 0 aliphatic carbocycles. The molecule has 0 saturated carbocycles. The molecule has 0 N–H and O–H groups in total. The molecule has 2 aromatic carbocycles. The minimum absolute atomic E-state index is 0.108. The van der Waals surface area contributed by atoms with E-state index in [2.05, 4.69) is 9.97 Å². The fraction of sp³-hybridized carbons (Fsp3) is 0.250. The summed E-state index contributed by atoms with van der Waals surface area (Å²) in [4.78, 5) is 8.91. The Labute approximate surface area is 167 Å². The number of nitriles is 1. The largest absolute Gasteiger partial charge is 0.246 e. The van der Waals surface area contributed by atoms with Crippen LogP contribution in [0.5, 0.6) is 0 Å². The van der Waals surface area contributed by atoms with Crippen LogP contribution in [0.15, 0.2) is 58.5 Å². The molecule has 0 unspecified atom stereocenters. The van der Waals surface area contributed by atoms with Crippen molar-refractivity contribution in [2.45, 2.75) is 29.0 Å². The van der Waals surface area contributed by atoms with Gasteiger partial charge in [0.1, 0.15) is 16.5 Å². The van der Waals surface area contributed by atoms with Gasteiger partial charge < -0.3 is 0 Å². The molecule has 1 atom stereocenters. The number of benzene rings is 2. The second kappa shape index (κ2) is 8.25. The van der Waals surface area contributed by atoms with Crippen molar-refractivity contribution in [3.63, 3.8) is 0 Å². The summed E-state index contributed by atoms with van der Waals surface area (Å²) >= 11 is 1.38. The number of aromatic nitrogens is 2. The Morgan fingerprint density at radius 3 is 2.25 bits per heavy atom. The van der Waals surface area contributed by atoms with Crippen LogP contribution >= 0.6 is 11.8 Å². The van der Waals surface area contributed by atoms with Crippen molar-refractivity contribution in [3.05, 3.63) is 60.0 Å². The van der Waals surface area contributed by atoms with E-state index in [1.807, 2.05) is 26.0 Å². The van der Waals surface area contributed by atoms with E-state index in [4.69, 9.17) is 0 Å². The van der Waals surface area contributed by atoms with E-state index in [-0.39, 0.29) is 10.6 Å². The third kappa shape index (κ3) is 4.16. The highest BCUT2D eigenvalue weighted by atomic mass is 32.2. The minimum atomic E-state index is -4.09. The van der Waals surface area contributed by atoms with Crippen molar-refractivity contribution in [3.8, 4) is 6.07 Å². The zero-order valence-electron chi connectivity index (χ0n) is 15.3. The maximum atomic E-state index is 13.2. The number of rotatable bonds is 6. The lowest BCUT2D eigenvalue weighted by atomic mass is 10.2. The Kier molecular flexibility index (Phi) is 5.96. The molecule has 0 aliphatic heterocycles. The summed E-state index contributed by atoms with van der Waals surface area (Å²) in [6.07, 6.45) is 0. The molecule has 0 amide bonds. The first-order valence-electron chi connectivity index (χ1n) is 8.61. The summed E-state index contributed by atoms with van der Waals surface area (Å²) in [6, 6.07) is 13.4. The highest BCUT2D eigenvalue weighted by molar-refractivity contribution is 7.99. The number of thioether (sulfide) groups is 1. The number of nitrogens with zero attached hydrogens (tertiary/aromatic N) is 3. The Morgan fingerprint density at radius 2 is 1.68 bits per heavy atom. The van der Waals surface area contributed by atoms with E-state index >= 15 is 0 Å². The zero-order valence-corrected chi connectivity index (χ0v) is 17.0. The van der Waals surface area contributed by atoms with Gasteiger partial charge in [-0.05, 0) is 42.3 Å². The van der Waals surface area contributed by atoms with Gasteiger partial charge in [-0.15, -0.1) is 11.8 Å². The van der Waals surface area contributed by atoms with Crippen molar-refractivity contribution in [2.24, 2.45) is 5.92 Å². The topological polar surface area (TPSA) is 83.7 Å². The van der Waals surface area contributed by atoms with Gasteiger partial charge in [0.25, 0.3) is 0 Å². The fourth-order valence-corrected chi connectivity index (χ4v) is 4.98. The van der Waals surface area contributed by atoms with Gasteiger partial charge >= 0.3 is 0 Å². The van der Waals surface area contributed by atoms with Gasteiger partial charge in [-0.25, -0.2) is 22.8 Å². The third-order valence-corrected chi connectivity index (χ3v) is 7.22. The molecule has 0 saturated heterocycles. The molecular weight excluding hydrogens is 397 g/mol. The molecule has 3 aromatic rings. The van der Waals surface area contributed by atoms with Gasteiger partial charge in [0.05, 0.1) is 22.0 Å². The molecular formula is C20H18FN3O2S2. The number of para-hydroxylation sites is 2. The Hall–Kier alpha value is -2.50. The lowest BCUT2D eigenvalue weighted by molar-refractivity contribution is 0.588. The zero-order chi connectivity index (χ0) is 20.3. The molecule has 28 heavy (non-hydrogen) atoms. The molecule has 3 rings (SSSR count). The van der Waals surface area contributed by atoms with Crippen molar-refractivity contribution < 1.29 is 12.8 Å². The summed E-state index contributed by atoms with van der Waals surface area (Å²) in [7, 11) is -4.09. The summed E-state index contributed by atoms with van der Waals surface area (Å²) in [5, 5.41) is 8.61. The molecule has 0 fully saturated rings. The summed E-state index contributed by atoms with van der Waals surface area (Å²) in [6.45, 7) is 4.08. The average molecular weight is 416 g/mol. The number of sulfone groups is 1. The molecule has 5 nitrogen and oxygen atoms in total. The standard InChI is InChI=1S/C20H18FN3O2S2/c1-13(2)12-27-20-19(23-16-5-3-4-6-17(16)24-20)18(11-22)28(25,26)15-9-7-14(21)8-10-15/h3-10,13,18H,12H2,1-2H3/t18-/m1/s1. The number of hydrogen-bond acceptors (Lipinski definition) is 6. The molecule has 1 aromatic heterocycles. The summed E-state index contributed by atoms with van der Waals surface area (Å²) in [5.41, 5.74) is 1.26. The van der Waals surface area contributed by atoms with Crippen LogP contribution < -0.4 is 0 Å². The maximum Gasteiger partial charge on any atom is 0.200 e. The van der Waals surface area contributed by atoms with Crippen LogP contribution in [0, 0.1) is 23.1 Å². The first-order chi connectivity index (χ1) is 13.3. The Morgan fingerprint density at radius 1 is 1.07 bits per heavy atom. The van der Waals surface area contributed by atoms with E-state index in [1.54, 1.807) is 18.2 Å². The van der Waals surface area contributed by atoms with Gasteiger partial charge in [-0.3, -0.25) is 0 Å². The molecule has 0 radical (unpaired) electrons. The van der Waals surface area contributed by atoms with Crippen molar-refractivity contribution in [1.82, 2.24) is 9.97 Å². The molecule has 1 heterocycles. The first-order valence-corrected chi connectivity index (χ1v) is 11.1. The van der Waals surface area contributed by atoms with Gasteiger partial charge in [-0.2, -0.15) is 5.26 Å². The number of hydrogen-bond donors (Lipinski definition) is 0. The molecule has 0 bridgehead atoms. The summed E-state index contributed by atoms with van der Waals surface area (Å²) in [5.74, 6) is 0.501. The molecule has 8 heteroatoms. The predicted octanol–water partition coefficient (Wildman–Crippen LogP) is 4.56. The van der Waals surface area contributed by atoms with Crippen LogP contribution in [0.3, 0.4) is 0 Å². The van der Waals surface area contributed by atoms with E-state index in [9.17, 15) is 18.1 Å². The Balaban J connectivity index is 2.16. The van der Waals surface area contributed by atoms with Crippen molar-refractivity contribution in [1.29, 1.82) is 5.26 Å². The number of halogens is 1. The monoisotopic (exact) mass is 415 g/mol. The molecule has 144 valence electrons. The van der Waals surface area contributed by atoms with Crippen LogP contribution in [-0.4, -0.2) is 24.1 Å². The van der Waals surface area contributed by atoms with Gasteiger partial charge in [0, 0.05) is 5.75 Å². The fourth-order valence-electron chi connectivity index (χ4n) is 2.56. The Bertz CT molecular complexity index is 1140. The lowest BCUT2D eigenvalue weighted by Gasteiger charge is -2.15. The molecule has 0 aliphatic rings. The highest BCUT2D eigenvalue weighted by Gasteiger charge is 2.33. The average Bonchev–Trinajstić information content (AvgIpc) is 2.67. The number of fused-ring (bicyclic) bond motifs is 1. The van der Waals surface area contributed by atoms with Crippen molar-refractivity contribution in [2.75, 3.05) is 5.75 Å². The van der Waals surface area contributed by atoms with Crippen LogP contribution in [0.4, 0.5) is 4.39 Å². The normalized spacial score (nSPS) is 12.8. The van der Waals surface area contributed by atoms with Crippen LogP contribution in [0.2, 0.25) is 0 Å². The summed E-state index contributed by atoms with van der Waals surface area (Å²) < 4.78 is 39.4. The minimum Gasteiger partial charge on any atom is -0.246 e. The van der Waals surface area contributed by atoms with E-state index < -0.39 is 20.9 Å². The predicted molar refractivity (Wildman–Crippen MR) is 107 cm³/mol. The maximum absolute atomic E-state index is 13.2. The second-order valence-electron chi connectivity index (χ2n) is 6.62. The first kappa shape index (κ1) is 20.2. The highest BCUT2D eigenvalue weighted by Crippen LogP contribution is 2.34. The van der Waals surface area contributed by atoms with E-state index in [0.717, 1.165) is 24.3 Å². The quantitative estimate of drug-likeness (QED) is 0.434. The van der Waals surface area contributed by atoms with Gasteiger partial charge in [0.15, 0.2) is 5.25 Å². The molecule has 0 spiro atoms. The second-order valence-corrected chi connectivity index (χ2v) is 9.66. The van der Waals surface area contributed by atoms with Crippen LogP contribution in [-0.2, 0) is 9.84 Å². The van der Waals surface area contributed by atoms with Crippen molar-refractivity contribution >= 4 is 32.6 Å². The SMILES string of the molecule is CC(C)CSc1nc2ccccc2nc1[C@@H](C#N)S(=O)(=O)c1ccc(F)cc1. The van der Waals surface area contributed by atoms with E-state index in [0.29, 0.717) is 27.7 Å². The third-order valence-electron chi connectivity index (χ3n) is 3.94. The van der Waals surface area contributed by atoms with Crippen LogP contribution in [0.1, 0.15) is 24.8 Å². The van der Waals surface area contributed by atoms with Crippen LogP contribution in [0.25, 0.3) is 11.0 Å². The lowest BCUT2D eigenvalue weighted by Crippen LogP contribution is -2.16. The van der Waals surface area contributed by atoms with Gasteiger partial charge in [-0.1, -0.05) is 26.0 Å². The van der Waals surface area contributed by atoms with Gasteiger partial charge in [0.2, 0.25) is 9.84 Å².